The number of piperidine rings is 1. The smallest absolute Gasteiger partial charge is 0.276 e. The van der Waals surface area contributed by atoms with E-state index in [-0.39, 0.29) is 24.4 Å². The first-order chi connectivity index (χ1) is 11.0. The Morgan fingerprint density at radius 1 is 1.33 bits per heavy atom. The van der Waals surface area contributed by atoms with Gasteiger partial charge in [0.05, 0.1) is 0 Å². The molecular formula is C17H21Cl2N3O2. The van der Waals surface area contributed by atoms with E-state index in [4.69, 9.17) is 21.9 Å². The SMILES string of the molecule is CC(N)C1CCN(C(=O)c2cc(-c3ccc(Cl)cc3)on2)CC1.Cl. The second kappa shape index (κ2) is 8.01. The van der Waals surface area contributed by atoms with Crippen LogP contribution >= 0.6 is 24.0 Å². The maximum Gasteiger partial charge on any atom is 0.276 e. The number of halogens is 2. The lowest BCUT2D eigenvalue weighted by Crippen LogP contribution is -2.42. The third-order valence-electron chi connectivity index (χ3n) is 4.43. The zero-order chi connectivity index (χ0) is 16.4. The highest BCUT2D eigenvalue weighted by molar-refractivity contribution is 6.30. The van der Waals surface area contributed by atoms with Crippen LogP contribution in [0.1, 0.15) is 30.3 Å². The van der Waals surface area contributed by atoms with E-state index in [2.05, 4.69) is 5.16 Å². The summed E-state index contributed by atoms with van der Waals surface area (Å²) >= 11 is 5.87. The summed E-state index contributed by atoms with van der Waals surface area (Å²) < 4.78 is 5.30. The molecule has 1 saturated heterocycles. The van der Waals surface area contributed by atoms with Crippen LogP contribution in [0.5, 0.6) is 0 Å². The number of rotatable bonds is 3. The minimum Gasteiger partial charge on any atom is -0.355 e. The van der Waals surface area contributed by atoms with Crippen LogP contribution in [0.2, 0.25) is 5.02 Å². The van der Waals surface area contributed by atoms with Crippen LogP contribution < -0.4 is 5.73 Å². The molecule has 1 aliphatic heterocycles. The van der Waals surface area contributed by atoms with Gasteiger partial charge >= 0.3 is 0 Å². The van der Waals surface area contributed by atoms with Crippen molar-refractivity contribution >= 4 is 29.9 Å². The Hall–Kier alpha value is -1.56. The van der Waals surface area contributed by atoms with Crippen LogP contribution in [-0.2, 0) is 0 Å². The zero-order valence-electron chi connectivity index (χ0n) is 13.4. The minimum absolute atomic E-state index is 0. The maximum atomic E-state index is 12.5. The van der Waals surface area contributed by atoms with Gasteiger partial charge in [0.15, 0.2) is 11.5 Å². The average Bonchev–Trinajstić information content (AvgIpc) is 3.05. The maximum absolute atomic E-state index is 12.5. The van der Waals surface area contributed by atoms with Crippen LogP contribution in [0.15, 0.2) is 34.9 Å². The number of carbonyl (C=O) groups is 1. The molecule has 1 aromatic carbocycles. The van der Waals surface area contributed by atoms with E-state index >= 15 is 0 Å². The molecule has 3 rings (SSSR count). The third kappa shape index (κ3) is 4.09. The van der Waals surface area contributed by atoms with Crippen LogP contribution in [-0.4, -0.2) is 35.1 Å². The Morgan fingerprint density at radius 3 is 2.54 bits per heavy atom. The molecule has 0 radical (unpaired) electrons. The van der Waals surface area contributed by atoms with Gasteiger partial charge < -0.3 is 15.2 Å². The molecule has 2 heterocycles. The summed E-state index contributed by atoms with van der Waals surface area (Å²) in [6.45, 7) is 3.46. The molecule has 0 aliphatic carbocycles. The molecule has 1 aliphatic rings. The van der Waals surface area contributed by atoms with E-state index in [0.717, 1.165) is 18.4 Å². The van der Waals surface area contributed by atoms with Crippen molar-refractivity contribution in [2.45, 2.75) is 25.8 Å². The van der Waals surface area contributed by atoms with Gasteiger partial charge in [0.25, 0.3) is 5.91 Å². The third-order valence-corrected chi connectivity index (χ3v) is 4.68. The van der Waals surface area contributed by atoms with Crippen molar-refractivity contribution < 1.29 is 9.32 Å². The molecule has 1 fully saturated rings. The summed E-state index contributed by atoms with van der Waals surface area (Å²) in [5.41, 5.74) is 7.12. The number of benzene rings is 1. The highest BCUT2D eigenvalue weighted by Gasteiger charge is 2.27. The van der Waals surface area contributed by atoms with Gasteiger partial charge in [-0.05, 0) is 49.9 Å². The first kappa shape index (κ1) is 18.8. The van der Waals surface area contributed by atoms with E-state index < -0.39 is 0 Å². The largest absolute Gasteiger partial charge is 0.355 e. The van der Waals surface area contributed by atoms with Gasteiger partial charge in [0.1, 0.15) is 0 Å². The van der Waals surface area contributed by atoms with Crippen molar-refractivity contribution in [1.29, 1.82) is 0 Å². The van der Waals surface area contributed by atoms with Crippen molar-refractivity contribution in [3.05, 3.63) is 41.0 Å². The number of hydrogen-bond acceptors (Lipinski definition) is 4. The highest BCUT2D eigenvalue weighted by atomic mass is 35.5. The molecule has 1 atom stereocenters. The Morgan fingerprint density at radius 2 is 1.96 bits per heavy atom. The number of aromatic nitrogens is 1. The van der Waals surface area contributed by atoms with Crippen molar-refractivity contribution in [1.82, 2.24) is 10.1 Å². The summed E-state index contributed by atoms with van der Waals surface area (Å²) in [5, 5.41) is 4.57. The van der Waals surface area contributed by atoms with Gasteiger partial charge in [-0.25, -0.2) is 0 Å². The Kier molecular flexibility index (Phi) is 6.27. The number of nitrogens with two attached hydrogens (primary N) is 1. The van der Waals surface area contributed by atoms with E-state index in [9.17, 15) is 4.79 Å². The Labute approximate surface area is 152 Å². The lowest BCUT2D eigenvalue weighted by atomic mass is 9.91. The van der Waals surface area contributed by atoms with Gasteiger partial charge in [-0.3, -0.25) is 4.79 Å². The summed E-state index contributed by atoms with van der Waals surface area (Å²) in [5.74, 6) is 0.966. The van der Waals surface area contributed by atoms with Gasteiger partial charge in [0, 0.05) is 35.8 Å². The molecule has 1 aromatic heterocycles. The zero-order valence-corrected chi connectivity index (χ0v) is 15.0. The summed E-state index contributed by atoms with van der Waals surface area (Å²) in [6, 6.07) is 9.09. The fraction of sp³-hybridized carbons (Fsp3) is 0.412. The van der Waals surface area contributed by atoms with E-state index in [1.54, 1.807) is 18.2 Å². The predicted molar refractivity (Wildman–Crippen MR) is 96.5 cm³/mol. The Balaban J connectivity index is 0.00000208. The molecule has 0 saturated carbocycles. The highest BCUT2D eigenvalue weighted by Crippen LogP contribution is 2.24. The Bertz CT molecular complexity index is 677. The van der Waals surface area contributed by atoms with Crippen molar-refractivity contribution in [2.24, 2.45) is 11.7 Å². The molecule has 1 amide bonds. The topological polar surface area (TPSA) is 72.4 Å². The molecule has 7 heteroatoms. The van der Waals surface area contributed by atoms with Crippen LogP contribution in [0.3, 0.4) is 0 Å². The van der Waals surface area contributed by atoms with Crippen molar-refractivity contribution in [3.63, 3.8) is 0 Å². The summed E-state index contributed by atoms with van der Waals surface area (Å²) in [4.78, 5) is 14.3. The molecule has 5 nitrogen and oxygen atoms in total. The van der Waals surface area contributed by atoms with Gasteiger partial charge in [-0.1, -0.05) is 16.8 Å². The van der Waals surface area contributed by atoms with Crippen LogP contribution in [0, 0.1) is 5.92 Å². The minimum atomic E-state index is -0.0860. The summed E-state index contributed by atoms with van der Waals surface area (Å²) in [6.07, 6.45) is 1.87. The fourth-order valence-corrected chi connectivity index (χ4v) is 3.04. The number of nitrogens with zero attached hydrogens (tertiary/aromatic N) is 2. The van der Waals surface area contributed by atoms with Crippen LogP contribution in [0.25, 0.3) is 11.3 Å². The molecule has 2 aromatic rings. The lowest BCUT2D eigenvalue weighted by molar-refractivity contribution is 0.0670. The van der Waals surface area contributed by atoms with Gasteiger partial charge in [-0.2, -0.15) is 0 Å². The van der Waals surface area contributed by atoms with E-state index in [0.29, 0.717) is 35.5 Å². The second-order valence-electron chi connectivity index (χ2n) is 6.07. The normalized spacial score (nSPS) is 16.5. The second-order valence-corrected chi connectivity index (χ2v) is 6.51. The molecular weight excluding hydrogens is 349 g/mol. The quantitative estimate of drug-likeness (QED) is 0.896. The van der Waals surface area contributed by atoms with E-state index in [1.165, 1.54) is 0 Å². The monoisotopic (exact) mass is 369 g/mol. The molecule has 1 unspecified atom stereocenters. The predicted octanol–water partition coefficient (Wildman–Crippen LogP) is 3.62. The van der Waals surface area contributed by atoms with Crippen LogP contribution in [0.4, 0.5) is 0 Å². The first-order valence-electron chi connectivity index (χ1n) is 7.82. The number of hydrogen-bond donors (Lipinski definition) is 1. The first-order valence-corrected chi connectivity index (χ1v) is 8.20. The molecule has 130 valence electrons. The number of amides is 1. The number of carbonyl (C=O) groups excluding carboxylic acids is 1. The van der Waals surface area contributed by atoms with Crippen molar-refractivity contribution in [2.75, 3.05) is 13.1 Å². The van der Waals surface area contributed by atoms with Crippen molar-refractivity contribution in [3.8, 4) is 11.3 Å². The van der Waals surface area contributed by atoms with Gasteiger partial charge in [0.2, 0.25) is 0 Å². The van der Waals surface area contributed by atoms with Gasteiger partial charge in [-0.15, -0.1) is 12.4 Å². The fourth-order valence-electron chi connectivity index (χ4n) is 2.92. The molecule has 2 N–H and O–H groups in total. The molecule has 0 bridgehead atoms. The average molecular weight is 370 g/mol. The summed E-state index contributed by atoms with van der Waals surface area (Å²) in [7, 11) is 0. The molecule has 24 heavy (non-hydrogen) atoms. The standard InChI is InChI=1S/C17H20ClN3O2.ClH/c1-11(19)12-6-8-21(9-7-12)17(22)15-10-16(23-20-15)13-2-4-14(18)5-3-13;/h2-5,10-12H,6-9,19H2,1H3;1H. The lowest BCUT2D eigenvalue weighted by Gasteiger charge is -2.33. The molecule has 0 spiro atoms. The number of likely N-dealkylation sites (tertiary alicyclic amines) is 1. The van der Waals surface area contributed by atoms with E-state index in [1.807, 2.05) is 24.0 Å².